The van der Waals surface area contributed by atoms with Gasteiger partial charge in [-0.2, -0.15) is 0 Å². The largest absolute Gasteiger partial charge is 0.295 e. The van der Waals surface area contributed by atoms with E-state index in [1.165, 1.54) is 0 Å². The number of halogens is 1. The molecule has 0 radical (unpaired) electrons. The van der Waals surface area contributed by atoms with Crippen LogP contribution in [-0.4, -0.2) is 53.7 Å². The molecule has 0 saturated carbocycles. The Hall–Kier alpha value is -0.150. The Morgan fingerprint density at radius 3 is 1.95 bits per heavy atom. The van der Waals surface area contributed by atoms with Crippen molar-refractivity contribution in [3.63, 3.8) is 0 Å². The number of likely N-dealkylation sites (tertiary alicyclic amines) is 2. The summed E-state index contributed by atoms with van der Waals surface area (Å²) in [7, 11) is 0. The highest BCUT2D eigenvalue weighted by Crippen LogP contribution is 2.37. The van der Waals surface area contributed by atoms with E-state index in [1.54, 1.807) is 0 Å². The molecule has 2 rings (SSSR count). The predicted molar refractivity (Wildman–Crippen MR) is 79.1 cm³/mol. The quantitative estimate of drug-likeness (QED) is 0.722. The van der Waals surface area contributed by atoms with Crippen molar-refractivity contribution in [1.82, 2.24) is 9.80 Å². The summed E-state index contributed by atoms with van der Waals surface area (Å²) in [6, 6.07) is 0.582. The van der Waals surface area contributed by atoms with Crippen molar-refractivity contribution in [2.45, 2.75) is 65.7 Å². The Bertz CT molecular complexity index is 310. The van der Waals surface area contributed by atoms with Gasteiger partial charge in [0.15, 0.2) is 0 Å². The Balaban J connectivity index is 1.84. The maximum Gasteiger partial charge on any atom is 0.116 e. The van der Waals surface area contributed by atoms with E-state index in [0.717, 1.165) is 26.1 Å². The number of hydrogen-bond donors (Lipinski definition) is 0. The van der Waals surface area contributed by atoms with Crippen LogP contribution in [0.15, 0.2) is 0 Å². The molecule has 19 heavy (non-hydrogen) atoms. The third-order valence-corrected chi connectivity index (χ3v) is 5.01. The first-order chi connectivity index (χ1) is 8.59. The van der Waals surface area contributed by atoms with E-state index in [-0.39, 0.29) is 16.9 Å². The molecule has 2 unspecified atom stereocenters. The van der Waals surface area contributed by atoms with Crippen LogP contribution in [0.25, 0.3) is 0 Å². The summed E-state index contributed by atoms with van der Waals surface area (Å²) in [4.78, 5) is 4.87. The van der Waals surface area contributed by atoms with Crippen molar-refractivity contribution in [3.05, 3.63) is 0 Å². The molecule has 0 bridgehead atoms. The van der Waals surface area contributed by atoms with Crippen molar-refractivity contribution >= 4 is 0 Å². The molecular formula is C16H31FN2. The summed E-state index contributed by atoms with van der Waals surface area (Å²) in [5.41, 5.74) is 0.359. The second-order valence-electron chi connectivity index (χ2n) is 8.50. The normalized spacial score (nSPS) is 32.4. The molecule has 0 aromatic rings. The first-order valence-electron chi connectivity index (χ1n) is 7.72. The van der Waals surface area contributed by atoms with Gasteiger partial charge in [0.1, 0.15) is 6.17 Å². The average molecular weight is 270 g/mol. The lowest BCUT2D eigenvalue weighted by Gasteiger charge is -2.53. The molecule has 0 aromatic carbocycles. The molecule has 0 spiro atoms. The summed E-state index contributed by atoms with van der Waals surface area (Å²) in [6.45, 7) is 17.2. The minimum Gasteiger partial charge on any atom is -0.295 e. The molecule has 2 heterocycles. The van der Waals surface area contributed by atoms with Crippen LogP contribution in [0, 0.1) is 11.3 Å². The van der Waals surface area contributed by atoms with Crippen LogP contribution in [-0.2, 0) is 0 Å². The monoisotopic (exact) mass is 270 g/mol. The highest BCUT2D eigenvalue weighted by molar-refractivity contribution is 4.97. The Kier molecular flexibility index (Phi) is 4.01. The average Bonchev–Trinajstić information content (AvgIpc) is 2.10. The molecule has 0 amide bonds. The van der Waals surface area contributed by atoms with E-state index in [1.807, 2.05) is 0 Å². The van der Waals surface area contributed by atoms with Gasteiger partial charge >= 0.3 is 0 Å². The Morgan fingerprint density at radius 1 is 0.947 bits per heavy atom. The van der Waals surface area contributed by atoms with E-state index in [2.05, 4.69) is 51.3 Å². The fourth-order valence-corrected chi connectivity index (χ4v) is 3.47. The lowest BCUT2D eigenvalue weighted by Crippen LogP contribution is -2.66. The van der Waals surface area contributed by atoms with Crippen LogP contribution in [0.2, 0.25) is 0 Å². The van der Waals surface area contributed by atoms with E-state index in [9.17, 15) is 4.39 Å². The van der Waals surface area contributed by atoms with E-state index in [4.69, 9.17) is 0 Å². The second kappa shape index (κ2) is 5.00. The fraction of sp³-hybridized carbons (Fsp3) is 1.00. The summed E-state index contributed by atoms with van der Waals surface area (Å²) in [6.07, 6.45) is 0.355. The van der Waals surface area contributed by atoms with Crippen LogP contribution in [0.5, 0.6) is 0 Å². The van der Waals surface area contributed by atoms with E-state index >= 15 is 0 Å². The van der Waals surface area contributed by atoms with Gasteiger partial charge in [0.25, 0.3) is 0 Å². The standard InChI is InChI=1S/C16H31FN2/c1-15(2,3)13-7-8-18(11-14(13)17)12-9-19(10-12)16(4,5)6/h12-14H,7-11H2,1-6H3. The Morgan fingerprint density at radius 2 is 1.53 bits per heavy atom. The molecule has 2 nitrogen and oxygen atoms in total. The molecule has 0 aromatic heterocycles. The summed E-state index contributed by atoms with van der Waals surface area (Å²) < 4.78 is 14.4. The van der Waals surface area contributed by atoms with Crippen LogP contribution < -0.4 is 0 Å². The predicted octanol–water partition coefficient (Wildman–Crippen LogP) is 3.18. The maximum absolute atomic E-state index is 14.4. The van der Waals surface area contributed by atoms with Crippen LogP contribution in [0.3, 0.4) is 0 Å². The smallest absolute Gasteiger partial charge is 0.116 e. The van der Waals surface area contributed by atoms with Gasteiger partial charge in [0.05, 0.1) is 0 Å². The van der Waals surface area contributed by atoms with E-state index in [0.29, 0.717) is 12.6 Å². The van der Waals surface area contributed by atoms with Crippen molar-refractivity contribution < 1.29 is 4.39 Å². The SMILES string of the molecule is CC(C)(C)C1CCN(C2CN(C(C)(C)C)C2)CC1F. The fourth-order valence-electron chi connectivity index (χ4n) is 3.47. The number of nitrogens with zero attached hydrogens (tertiary/aromatic N) is 2. The molecule has 0 N–H and O–H groups in total. The second-order valence-corrected chi connectivity index (χ2v) is 8.50. The van der Waals surface area contributed by atoms with E-state index < -0.39 is 6.17 Å². The number of piperidine rings is 1. The van der Waals surface area contributed by atoms with Crippen molar-refractivity contribution in [2.75, 3.05) is 26.2 Å². The minimum absolute atomic E-state index is 0.0998. The van der Waals surface area contributed by atoms with Crippen LogP contribution >= 0.6 is 0 Å². The minimum atomic E-state index is -0.655. The first kappa shape index (κ1) is 15.2. The van der Waals surface area contributed by atoms with Gasteiger partial charge in [0, 0.05) is 31.2 Å². The van der Waals surface area contributed by atoms with Crippen molar-refractivity contribution in [2.24, 2.45) is 11.3 Å². The van der Waals surface area contributed by atoms with Gasteiger partial charge in [-0.05, 0) is 45.1 Å². The zero-order chi connectivity index (χ0) is 14.4. The summed E-state index contributed by atoms with van der Waals surface area (Å²) >= 11 is 0. The third-order valence-electron chi connectivity index (χ3n) is 5.01. The molecular weight excluding hydrogens is 239 g/mol. The Labute approximate surface area is 118 Å². The topological polar surface area (TPSA) is 6.48 Å². The lowest BCUT2D eigenvalue weighted by molar-refractivity contribution is -0.0610. The van der Waals surface area contributed by atoms with Crippen molar-refractivity contribution in [3.8, 4) is 0 Å². The van der Waals surface area contributed by atoms with Gasteiger partial charge < -0.3 is 0 Å². The highest BCUT2D eigenvalue weighted by atomic mass is 19.1. The molecule has 2 atom stereocenters. The third kappa shape index (κ3) is 3.30. The molecule has 112 valence electrons. The lowest BCUT2D eigenvalue weighted by atomic mass is 9.74. The molecule has 3 heteroatoms. The molecule has 0 aliphatic carbocycles. The summed E-state index contributed by atoms with van der Waals surface area (Å²) in [5, 5.41) is 0. The van der Waals surface area contributed by atoms with Gasteiger partial charge in [-0.15, -0.1) is 0 Å². The van der Waals surface area contributed by atoms with Crippen LogP contribution in [0.4, 0.5) is 4.39 Å². The maximum atomic E-state index is 14.4. The molecule has 2 aliphatic heterocycles. The number of rotatable bonds is 1. The van der Waals surface area contributed by atoms with Gasteiger partial charge in [-0.25, -0.2) is 4.39 Å². The van der Waals surface area contributed by atoms with Crippen molar-refractivity contribution in [1.29, 1.82) is 0 Å². The first-order valence-corrected chi connectivity index (χ1v) is 7.72. The zero-order valence-electron chi connectivity index (χ0n) is 13.5. The van der Waals surface area contributed by atoms with Gasteiger partial charge in [-0.3, -0.25) is 9.80 Å². The molecule has 2 aliphatic rings. The van der Waals surface area contributed by atoms with Gasteiger partial charge in [0.2, 0.25) is 0 Å². The highest BCUT2D eigenvalue weighted by Gasteiger charge is 2.43. The molecule has 2 saturated heterocycles. The summed E-state index contributed by atoms with van der Waals surface area (Å²) in [5.74, 6) is 0.225. The number of alkyl halides is 1. The number of hydrogen-bond acceptors (Lipinski definition) is 2. The zero-order valence-corrected chi connectivity index (χ0v) is 13.5. The molecule has 2 fully saturated rings. The van der Waals surface area contributed by atoms with Gasteiger partial charge in [-0.1, -0.05) is 20.8 Å². The van der Waals surface area contributed by atoms with Crippen LogP contribution in [0.1, 0.15) is 48.0 Å².